The maximum Gasteiger partial charge on any atom is 0.265 e. The van der Waals surface area contributed by atoms with Crippen LogP contribution in [0.25, 0.3) is 0 Å². The summed E-state index contributed by atoms with van der Waals surface area (Å²) in [6, 6.07) is 0.500. The maximum atomic E-state index is 5.24. The van der Waals surface area contributed by atoms with Crippen LogP contribution in [0.3, 0.4) is 0 Å². The molecule has 2 rings (SSSR count). The molecule has 0 saturated heterocycles. The van der Waals surface area contributed by atoms with E-state index >= 15 is 0 Å². The summed E-state index contributed by atoms with van der Waals surface area (Å²) >= 11 is 0. The molecule has 1 unspecified atom stereocenters. The minimum Gasteiger partial charge on any atom is -0.344 e. The predicted octanol–water partition coefficient (Wildman–Crippen LogP) is 1.07. The Hall–Kier alpha value is -1.10. The molecule has 0 spiro atoms. The van der Waals surface area contributed by atoms with E-state index in [4.69, 9.17) is 4.52 Å². The van der Waals surface area contributed by atoms with Gasteiger partial charge in [-0.3, -0.25) is 0 Å². The highest BCUT2D eigenvalue weighted by molar-refractivity contribution is 5.23. The minimum atomic E-state index is 0.500. The summed E-state index contributed by atoms with van der Waals surface area (Å²) in [6.45, 7) is 3.13. The second-order valence-corrected chi connectivity index (χ2v) is 4.59. The molecule has 16 heavy (non-hydrogen) atoms. The Bertz CT molecular complexity index is 332. The monoisotopic (exact) mass is 224 g/mol. The minimum absolute atomic E-state index is 0.500. The average Bonchev–Trinajstić information content (AvgIpc) is 2.98. The summed E-state index contributed by atoms with van der Waals surface area (Å²) < 4.78 is 5.24. The normalized spacial score (nSPS) is 17.4. The topological polar surface area (TPSA) is 54.2 Å². The van der Waals surface area contributed by atoms with Crippen LogP contribution < -0.4 is 10.2 Å². The first-order valence-electron chi connectivity index (χ1n) is 5.94. The Morgan fingerprint density at radius 3 is 2.75 bits per heavy atom. The van der Waals surface area contributed by atoms with E-state index in [1.807, 2.05) is 19.0 Å². The first-order valence-corrected chi connectivity index (χ1v) is 5.94. The number of aromatic nitrogens is 2. The third-order valence-corrected chi connectivity index (χ3v) is 2.91. The Kier molecular flexibility index (Phi) is 3.43. The van der Waals surface area contributed by atoms with Crippen LogP contribution in [-0.4, -0.2) is 36.8 Å². The number of rotatable bonds is 6. The van der Waals surface area contributed by atoms with Crippen molar-refractivity contribution in [1.82, 2.24) is 15.5 Å². The van der Waals surface area contributed by atoms with Crippen molar-refractivity contribution in [2.24, 2.45) is 5.92 Å². The summed E-state index contributed by atoms with van der Waals surface area (Å²) in [6.07, 6.45) is 3.50. The molecule has 1 saturated carbocycles. The van der Waals surface area contributed by atoms with Gasteiger partial charge in [-0.15, -0.1) is 0 Å². The molecule has 0 aromatic carbocycles. The van der Waals surface area contributed by atoms with Crippen LogP contribution in [0.1, 0.15) is 25.7 Å². The number of hydrogen-bond donors (Lipinski definition) is 1. The molecule has 1 heterocycles. The van der Waals surface area contributed by atoms with Gasteiger partial charge in [-0.05, 0) is 30.5 Å². The molecule has 5 heteroatoms. The second kappa shape index (κ2) is 4.82. The van der Waals surface area contributed by atoms with Gasteiger partial charge in [0.25, 0.3) is 5.95 Å². The molecule has 1 N–H and O–H groups in total. The molecule has 0 amide bonds. The smallest absolute Gasteiger partial charge is 0.265 e. The summed E-state index contributed by atoms with van der Waals surface area (Å²) in [4.78, 5) is 6.20. The van der Waals surface area contributed by atoms with E-state index in [0.717, 1.165) is 24.8 Å². The van der Waals surface area contributed by atoms with Crippen molar-refractivity contribution in [1.29, 1.82) is 0 Å². The van der Waals surface area contributed by atoms with Gasteiger partial charge in [0.15, 0.2) is 0 Å². The molecule has 0 bridgehead atoms. The van der Waals surface area contributed by atoms with Gasteiger partial charge in [0.05, 0.1) is 0 Å². The van der Waals surface area contributed by atoms with Gasteiger partial charge in [0, 0.05) is 26.6 Å². The number of likely N-dealkylation sites (N-methyl/N-ethyl adjacent to an activating group) is 1. The summed E-state index contributed by atoms with van der Waals surface area (Å²) in [5.41, 5.74) is 0. The van der Waals surface area contributed by atoms with E-state index in [1.54, 1.807) is 0 Å². The van der Waals surface area contributed by atoms with Crippen molar-refractivity contribution >= 4 is 5.95 Å². The lowest BCUT2D eigenvalue weighted by Gasteiger charge is -2.14. The number of anilines is 1. The van der Waals surface area contributed by atoms with Crippen LogP contribution in [-0.2, 0) is 6.42 Å². The van der Waals surface area contributed by atoms with E-state index in [2.05, 4.69) is 22.4 Å². The highest BCUT2D eigenvalue weighted by Crippen LogP contribution is 2.33. The Labute approximate surface area is 96.2 Å². The van der Waals surface area contributed by atoms with Gasteiger partial charge < -0.3 is 14.7 Å². The van der Waals surface area contributed by atoms with Crippen molar-refractivity contribution in [2.45, 2.75) is 32.2 Å². The Morgan fingerprint density at radius 1 is 1.50 bits per heavy atom. The van der Waals surface area contributed by atoms with Crippen LogP contribution in [0.5, 0.6) is 0 Å². The van der Waals surface area contributed by atoms with E-state index in [1.165, 1.54) is 12.8 Å². The third kappa shape index (κ3) is 2.72. The molecule has 0 aliphatic heterocycles. The number of nitrogens with one attached hydrogen (secondary N) is 1. The third-order valence-electron chi connectivity index (χ3n) is 2.91. The lowest BCUT2D eigenvalue weighted by Crippen LogP contribution is -2.33. The van der Waals surface area contributed by atoms with E-state index < -0.39 is 0 Å². The molecule has 1 fully saturated rings. The lowest BCUT2D eigenvalue weighted by molar-refractivity contribution is 0.347. The highest BCUT2D eigenvalue weighted by atomic mass is 16.5. The highest BCUT2D eigenvalue weighted by Gasteiger charge is 2.31. The zero-order valence-corrected chi connectivity index (χ0v) is 10.2. The molecular formula is C11H20N4O. The molecule has 1 atom stereocenters. The fourth-order valence-corrected chi connectivity index (χ4v) is 1.86. The summed E-state index contributed by atoms with van der Waals surface area (Å²) in [5, 5.41) is 7.41. The maximum absolute atomic E-state index is 5.24. The molecule has 1 aliphatic rings. The summed E-state index contributed by atoms with van der Waals surface area (Å²) in [5.74, 6) is 2.19. The zero-order valence-electron chi connectivity index (χ0n) is 10.2. The SMILES string of the molecule is CCNC(Cc1nc(N(C)C)no1)C1CC1. The van der Waals surface area contributed by atoms with Gasteiger partial charge >= 0.3 is 0 Å². The van der Waals surface area contributed by atoms with Crippen LogP contribution in [0, 0.1) is 5.92 Å². The van der Waals surface area contributed by atoms with Gasteiger partial charge in [-0.1, -0.05) is 6.92 Å². The van der Waals surface area contributed by atoms with Crippen molar-refractivity contribution in [3.8, 4) is 0 Å². The number of nitrogens with zero attached hydrogens (tertiary/aromatic N) is 3. The molecule has 90 valence electrons. The van der Waals surface area contributed by atoms with Gasteiger partial charge in [0.2, 0.25) is 5.89 Å². The second-order valence-electron chi connectivity index (χ2n) is 4.59. The van der Waals surface area contributed by atoms with E-state index in [0.29, 0.717) is 12.0 Å². The Morgan fingerprint density at radius 2 is 2.25 bits per heavy atom. The van der Waals surface area contributed by atoms with Crippen LogP contribution in [0.2, 0.25) is 0 Å². The molecule has 5 nitrogen and oxygen atoms in total. The van der Waals surface area contributed by atoms with Crippen molar-refractivity contribution in [3.63, 3.8) is 0 Å². The first-order chi connectivity index (χ1) is 7.70. The van der Waals surface area contributed by atoms with E-state index in [-0.39, 0.29) is 0 Å². The largest absolute Gasteiger partial charge is 0.344 e. The van der Waals surface area contributed by atoms with Gasteiger partial charge in [-0.25, -0.2) is 0 Å². The molecule has 1 aromatic heterocycles. The van der Waals surface area contributed by atoms with E-state index in [9.17, 15) is 0 Å². The van der Waals surface area contributed by atoms with Gasteiger partial charge in [-0.2, -0.15) is 4.98 Å². The molecule has 0 radical (unpaired) electrons. The van der Waals surface area contributed by atoms with Crippen LogP contribution in [0.4, 0.5) is 5.95 Å². The standard InChI is InChI=1S/C11H20N4O/c1-4-12-9(8-5-6-8)7-10-13-11(14-16-10)15(2)3/h8-9,12H,4-7H2,1-3H3. The molecule has 1 aliphatic carbocycles. The summed E-state index contributed by atoms with van der Waals surface area (Å²) in [7, 11) is 3.83. The molecular weight excluding hydrogens is 204 g/mol. The number of hydrogen-bond acceptors (Lipinski definition) is 5. The fourth-order valence-electron chi connectivity index (χ4n) is 1.86. The van der Waals surface area contributed by atoms with Crippen LogP contribution >= 0.6 is 0 Å². The fraction of sp³-hybridized carbons (Fsp3) is 0.818. The molecule has 1 aromatic rings. The predicted molar refractivity (Wildman–Crippen MR) is 62.5 cm³/mol. The quantitative estimate of drug-likeness (QED) is 0.783. The van der Waals surface area contributed by atoms with Crippen molar-refractivity contribution in [3.05, 3.63) is 5.89 Å². The zero-order chi connectivity index (χ0) is 11.5. The first kappa shape index (κ1) is 11.4. The lowest BCUT2D eigenvalue weighted by atomic mass is 10.1. The Balaban J connectivity index is 1.95. The van der Waals surface area contributed by atoms with Crippen molar-refractivity contribution in [2.75, 3.05) is 25.5 Å². The van der Waals surface area contributed by atoms with Crippen molar-refractivity contribution < 1.29 is 4.52 Å². The van der Waals surface area contributed by atoms with Crippen LogP contribution in [0.15, 0.2) is 4.52 Å². The average molecular weight is 224 g/mol. The van der Waals surface area contributed by atoms with Gasteiger partial charge in [0.1, 0.15) is 0 Å².